The molecule has 0 aliphatic carbocycles. The number of hydrazone groups is 1. The van der Waals surface area contributed by atoms with Crippen molar-refractivity contribution < 1.29 is 4.92 Å². The van der Waals surface area contributed by atoms with Gasteiger partial charge in [0.25, 0.3) is 5.69 Å². The Labute approximate surface area is 165 Å². The first kappa shape index (κ1) is 18.9. The predicted octanol–water partition coefficient (Wildman–Crippen LogP) is 4.26. The van der Waals surface area contributed by atoms with Crippen molar-refractivity contribution in [2.24, 2.45) is 15.8 Å². The smallest absolute Gasteiger partial charge is 0.269 e. The molecule has 3 rings (SSSR count). The van der Waals surface area contributed by atoms with Gasteiger partial charge >= 0.3 is 0 Å². The van der Waals surface area contributed by atoms with Gasteiger partial charge in [-0.2, -0.15) is 5.10 Å². The van der Waals surface area contributed by atoms with E-state index in [9.17, 15) is 10.1 Å². The lowest BCUT2D eigenvalue weighted by Gasteiger charge is -2.17. The summed E-state index contributed by atoms with van der Waals surface area (Å²) in [6, 6.07) is 13.9. The summed E-state index contributed by atoms with van der Waals surface area (Å²) in [5, 5.41) is 15.5. The second-order valence-electron chi connectivity index (χ2n) is 5.70. The molecule has 0 spiro atoms. The fraction of sp³-hybridized carbons (Fsp3) is 0.111. The van der Waals surface area contributed by atoms with Crippen molar-refractivity contribution >= 4 is 40.7 Å². The van der Waals surface area contributed by atoms with Crippen LogP contribution in [-0.2, 0) is 0 Å². The largest absolute Gasteiger partial charge is 0.368 e. The average Bonchev–Trinajstić information content (AvgIpc) is 2.66. The third kappa shape index (κ3) is 4.87. The maximum atomic E-state index is 10.9. The van der Waals surface area contributed by atoms with Gasteiger partial charge < -0.3 is 5.73 Å². The normalized spacial score (nSPS) is 16.3. The van der Waals surface area contributed by atoms with Gasteiger partial charge in [-0.15, -0.1) is 11.8 Å². The second kappa shape index (κ2) is 8.24. The number of rotatable bonds is 5. The summed E-state index contributed by atoms with van der Waals surface area (Å²) in [4.78, 5) is 15.8. The van der Waals surface area contributed by atoms with Crippen LogP contribution in [0.2, 0.25) is 5.02 Å². The van der Waals surface area contributed by atoms with Gasteiger partial charge in [-0.1, -0.05) is 23.7 Å². The Morgan fingerprint density at radius 2 is 1.89 bits per heavy atom. The van der Waals surface area contributed by atoms with Crippen molar-refractivity contribution in [2.75, 3.05) is 0 Å². The Hall–Kier alpha value is -2.84. The van der Waals surface area contributed by atoms with Gasteiger partial charge in [0.15, 0.2) is 0 Å². The summed E-state index contributed by atoms with van der Waals surface area (Å²) in [6.45, 7) is 1.83. The monoisotopic (exact) mass is 401 g/mol. The number of hydrogen-bond donors (Lipinski definition) is 2. The summed E-state index contributed by atoms with van der Waals surface area (Å²) in [6.07, 6.45) is 1.94. The number of aliphatic imine (C=N–C) groups is 1. The van der Waals surface area contributed by atoms with Crippen LogP contribution in [0.5, 0.6) is 0 Å². The second-order valence-corrected chi connectivity index (χ2v) is 7.35. The Morgan fingerprint density at radius 1 is 1.22 bits per heavy atom. The van der Waals surface area contributed by atoms with Crippen LogP contribution < -0.4 is 11.2 Å². The van der Waals surface area contributed by atoms with Gasteiger partial charge in [0.1, 0.15) is 0 Å². The van der Waals surface area contributed by atoms with Gasteiger partial charge in [-0.3, -0.25) is 10.1 Å². The fourth-order valence-electron chi connectivity index (χ4n) is 2.38. The minimum absolute atomic E-state index is 0.0449. The fourth-order valence-corrected chi connectivity index (χ4v) is 3.58. The highest BCUT2D eigenvalue weighted by atomic mass is 35.5. The number of nitro benzene ring substituents is 1. The molecule has 0 bridgehead atoms. The van der Waals surface area contributed by atoms with Crippen LogP contribution in [0, 0.1) is 10.1 Å². The number of hydrogen-bond acceptors (Lipinski definition) is 7. The summed E-state index contributed by atoms with van der Waals surface area (Å²) < 4.78 is 0. The molecule has 1 atom stereocenters. The molecule has 138 valence electrons. The quantitative estimate of drug-likeness (QED) is 0.442. The molecule has 9 heteroatoms. The number of halogens is 1. The standard InChI is InChI=1S/C18H16ClN5O2S/c1-11-16(21-18(20)23-22-11)10-17(27-15-8-4-13(19)5-9-15)12-2-6-14(7-3-12)24(25)26/h2-10,17H,1H3,(H3,20,21,23). The van der Waals surface area contributed by atoms with Gasteiger partial charge in [0, 0.05) is 22.1 Å². The molecule has 0 saturated carbocycles. The first-order chi connectivity index (χ1) is 12.9. The molecule has 1 heterocycles. The Morgan fingerprint density at radius 3 is 2.52 bits per heavy atom. The highest BCUT2D eigenvalue weighted by Crippen LogP contribution is 2.38. The number of nitrogens with one attached hydrogen (secondary N) is 1. The Balaban J connectivity index is 1.97. The van der Waals surface area contributed by atoms with Crippen molar-refractivity contribution in [2.45, 2.75) is 17.1 Å². The molecular weight excluding hydrogens is 386 g/mol. The number of nitro groups is 1. The highest BCUT2D eigenvalue weighted by molar-refractivity contribution is 7.99. The van der Waals surface area contributed by atoms with E-state index in [1.165, 1.54) is 12.1 Å². The van der Waals surface area contributed by atoms with E-state index < -0.39 is 4.92 Å². The molecule has 0 fully saturated rings. The zero-order valence-electron chi connectivity index (χ0n) is 14.3. The number of thioether (sulfide) groups is 1. The van der Waals surface area contributed by atoms with Crippen LogP contribution in [0.15, 0.2) is 75.3 Å². The predicted molar refractivity (Wildman–Crippen MR) is 109 cm³/mol. The van der Waals surface area contributed by atoms with Crippen LogP contribution in [0.25, 0.3) is 0 Å². The van der Waals surface area contributed by atoms with Crippen molar-refractivity contribution in [3.05, 3.63) is 81.0 Å². The number of guanidine groups is 1. The van der Waals surface area contributed by atoms with Crippen molar-refractivity contribution in [3.63, 3.8) is 0 Å². The third-order valence-electron chi connectivity index (χ3n) is 3.77. The molecule has 7 nitrogen and oxygen atoms in total. The summed E-state index contributed by atoms with van der Waals surface area (Å²) >= 11 is 7.54. The lowest BCUT2D eigenvalue weighted by molar-refractivity contribution is -0.384. The van der Waals surface area contributed by atoms with E-state index in [2.05, 4.69) is 15.5 Å². The maximum Gasteiger partial charge on any atom is 0.269 e. The molecule has 3 N–H and O–H groups in total. The van der Waals surface area contributed by atoms with Crippen molar-refractivity contribution in [3.8, 4) is 0 Å². The zero-order chi connectivity index (χ0) is 19.4. The minimum Gasteiger partial charge on any atom is -0.368 e. The summed E-state index contributed by atoms with van der Waals surface area (Å²) in [7, 11) is 0. The lowest BCUT2D eigenvalue weighted by atomic mass is 10.1. The molecule has 1 aliphatic rings. The third-order valence-corrected chi connectivity index (χ3v) is 5.23. The molecular formula is C18H16ClN5O2S. The molecule has 0 radical (unpaired) electrons. The van der Waals surface area contributed by atoms with E-state index in [4.69, 9.17) is 17.3 Å². The first-order valence-electron chi connectivity index (χ1n) is 7.95. The van der Waals surface area contributed by atoms with E-state index in [1.807, 2.05) is 37.3 Å². The Kier molecular flexibility index (Phi) is 5.78. The molecule has 0 saturated heterocycles. The number of allylic oxidation sites excluding steroid dienone is 1. The van der Waals surface area contributed by atoms with E-state index in [0.29, 0.717) is 16.4 Å². The van der Waals surface area contributed by atoms with Crippen LogP contribution >= 0.6 is 23.4 Å². The van der Waals surface area contributed by atoms with Crippen LogP contribution in [-0.4, -0.2) is 16.6 Å². The number of non-ortho nitro benzene ring substituents is 1. The topological polar surface area (TPSA) is 106 Å². The van der Waals surface area contributed by atoms with Gasteiger partial charge in [-0.25, -0.2) is 10.4 Å². The average molecular weight is 402 g/mol. The number of nitrogens with two attached hydrogens (primary N) is 1. The SMILES string of the molecule is CC1=NNC(N)=NC1=CC(Sc1ccc(Cl)cc1)c1ccc([N+](=O)[O-])cc1. The van der Waals surface area contributed by atoms with Gasteiger partial charge in [-0.05, 0) is 42.8 Å². The van der Waals surface area contributed by atoms with Crippen LogP contribution in [0.3, 0.4) is 0 Å². The van der Waals surface area contributed by atoms with Crippen LogP contribution in [0.4, 0.5) is 5.69 Å². The van der Waals surface area contributed by atoms with Crippen molar-refractivity contribution in [1.82, 2.24) is 5.43 Å². The highest BCUT2D eigenvalue weighted by Gasteiger charge is 2.17. The molecule has 0 amide bonds. The number of nitrogens with zero attached hydrogens (tertiary/aromatic N) is 3. The van der Waals surface area contributed by atoms with Gasteiger partial charge in [0.05, 0.1) is 21.6 Å². The van der Waals surface area contributed by atoms with E-state index >= 15 is 0 Å². The summed E-state index contributed by atoms with van der Waals surface area (Å²) in [5.41, 5.74) is 10.6. The molecule has 1 aliphatic heterocycles. The molecule has 2 aromatic carbocycles. The number of benzene rings is 2. The molecule has 2 aromatic rings. The van der Waals surface area contributed by atoms with E-state index in [0.717, 1.165) is 10.5 Å². The maximum absolute atomic E-state index is 10.9. The van der Waals surface area contributed by atoms with E-state index in [-0.39, 0.29) is 16.9 Å². The molecule has 27 heavy (non-hydrogen) atoms. The van der Waals surface area contributed by atoms with Crippen molar-refractivity contribution in [1.29, 1.82) is 0 Å². The zero-order valence-corrected chi connectivity index (χ0v) is 15.9. The lowest BCUT2D eigenvalue weighted by Crippen LogP contribution is -2.31. The first-order valence-corrected chi connectivity index (χ1v) is 9.21. The Bertz CT molecular complexity index is 939. The molecule has 1 unspecified atom stereocenters. The van der Waals surface area contributed by atoms with E-state index in [1.54, 1.807) is 23.9 Å². The van der Waals surface area contributed by atoms with Gasteiger partial charge in [0.2, 0.25) is 5.96 Å². The van der Waals surface area contributed by atoms with Crippen LogP contribution in [0.1, 0.15) is 17.7 Å². The summed E-state index contributed by atoms with van der Waals surface area (Å²) in [5.74, 6) is 0.214. The molecule has 0 aromatic heterocycles. The minimum atomic E-state index is -0.418.